The molecule has 1 aliphatic rings. The van der Waals surface area contributed by atoms with E-state index in [1.54, 1.807) is 32.0 Å². The predicted octanol–water partition coefficient (Wildman–Crippen LogP) is 2.94. The molecule has 1 atom stereocenters. The van der Waals surface area contributed by atoms with E-state index >= 15 is 0 Å². The van der Waals surface area contributed by atoms with Gasteiger partial charge in [0, 0.05) is 10.7 Å². The Morgan fingerprint density at radius 2 is 2.04 bits per heavy atom. The van der Waals surface area contributed by atoms with Gasteiger partial charge < -0.3 is 10.6 Å². The van der Waals surface area contributed by atoms with Crippen molar-refractivity contribution >= 4 is 35.1 Å². The molecule has 2 N–H and O–H groups in total. The van der Waals surface area contributed by atoms with E-state index in [1.165, 1.54) is 0 Å². The molecule has 6 nitrogen and oxygen atoms in total. The lowest BCUT2D eigenvalue weighted by Gasteiger charge is -2.23. The predicted molar refractivity (Wildman–Crippen MR) is 92.9 cm³/mol. The number of carbonyl (C=O) groups is 3. The maximum absolute atomic E-state index is 12.5. The van der Waals surface area contributed by atoms with E-state index in [2.05, 4.69) is 10.6 Å². The summed E-state index contributed by atoms with van der Waals surface area (Å²) in [6.45, 7) is 7.09. The van der Waals surface area contributed by atoms with Crippen LogP contribution in [0.4, 0.5) is 10.5 Å². The molecule has 1 aliphatic heterocycles. The summed E-state index contributed by atoms with van der Waals surface area (Å²) in [7, 11) is 0. The molecule has 130 valence electrons. The maximum Gasteiger partial charge on any atom is 0.325 e. The summed E-state index contributed by atoms with van der Waals surface area (Å²) < 4.78 is 0. The van der Waals surface area contributed by atoms with Crippen LogP contribution in [0, 0.1) is 12.8 Å². The van der Waals surface area contributed by atoms with E-state index in [4.69, 9.17) is 11.6 Å². The molecule has 2 rings (SSSR count). The number of benzene rings is 1. The minimum absolute atomic E-state index is 0.238. The molecule has 1 saturated heterocycles. The number of nitrogens with one attached hydrogen (secondary N) is 2. The van der Waals surface area contributed by atoms with E-state index in [1.807, 2.05) is 13.8 Å². The lowest BCUT2D eigenvalue weighted by molar-refractivity contribution is -0.133. The zero-order valence-corrected chi connectivity index (χ0v) is 15.0. The van der Waals surface area contributed by atoms with Crippen LogP contribution in [0.3, 0.4) is 0 Å². The second kappa shape index (κ2) is 6.81. The Bertz CT molecular complexity index is 690. The van der Waals surface area contributed by atoms with Crippen molar-refractivity contribution in [2.45, 2.75) is 39.7 Å². The molecule has 1 aromatic carbocycles. The fourth-order valence-electron chi connectivity index (χ4n) is 2.92. The summed E-state index contributed by atoms with van der Waals surface area (Å²) in [6.07, 6.45) is 0.517. The van der Waals surface area contributed by atoms with Gasteiger partial charge in [-0.15, -0.1) is 0 Å². The van der Waals surface area contributed by atoms with Gasteiger partial charge in [-0.2, -0.15) is 0 Å². The molecule has 24 heavy (non-hydrogen) atoms. The van der Waals surface area contributed by atoms with E-state index in [0.29, 0.717) is 17.1 Å². The summed E-state index contributed by atoms with van der Waals surface area (Å²) in [5.41, 5.74) is 0.330. The molecule has 0 radical (unpaired) electrons. The van der Waals surface area contributed by atoms with E-state index < -0.39 is 17.5 Å². The van der Waals surface area contributed by atoms with E-state index in [9.17, 15) is 14.4 Å². The van der Waals surface area contributed by atoms with Crippen molar-refractivity contribution in [3.63, 3.8) is 0 Å². The first kappa shape index (κ1) is 18.3. The second-order valence-corrected chi connectivity index (χ2v) is 7.12. The molecule has 0 unspecified atom stereocenters. The van der Waals surface area contributed by atoms with Crippen LogP contribution in [-0.2, 0) is 9.59 Å². The fraction of sp³-hybridized carbons (Fsp3) is 0.471. The highest BCUT2D eigenvalue weighted by Gasteiger charge is 2.48. The van der Waals surface area contributed by atoms with Crippen LogP contribution in [0.2, 0.25) is 5.02 Å². The number of anilines is 1. The number of imide groups is 1. The number of hydrogen-bond acceptors (Lipinski definition) is 3. The van der Waals surface area contributed by atoms with Crippen molar-refractivity contribution < 1.29 is 14.4 Å². The molecule has 0 saturated carbocycles. The summed E-state index contributed by atoms with van der Waals surface area (Å²) in [4.78, 5) is 37.8. The Kier molecular flexibility index (Phi) is 5.18. The van der Waals surface area contributed by atoms with E-state index in [-0.39, 0.29) is 18.4 Å². The molecular weight excluding hydrogens is 330 g/mol. The topological polar surface area (TPSA) is 78.5 Å². The average molecular weight is 352 g/mol. The number of hydrogen-bond donors (Lipinski definition) is 2. The van der Waals surface area contributed by atoms with Crippen molar-refractivity contribution in [2.75, 3.05) is 11.9 Å². The molecule has 0 aliphatic carbocycles. The molecule has 4 amide bonds. The van der Waals surface area contributed by atoms with Gasteiger partial charge in [0.2, 0.25) is 5.91 Å². The third-order valence-electron chi connectivity index (χ3n) is 4.01. The van der Waals surface area contributed by atoms with Crippen molar-refractivity contribution in [3.8, 4) is 0 Å². The number of halogens is 1. The molecule has 1 fully saturated rings. The Morgan fingerprint density at radius 3 is 2.67 bits per heavy atom. The minimum atomic E-state index is -0.961. The molecule has 1 aromatic rings. The number of nitrogens with zero attached hydrogens (tertiary/aromatic N) is 1. The van der Waals surface area contributed by atoms with Crippen LogP contribution in [0.1, 0.15) is 32.8 Å². The highest BCUT2D eigenvalue weighted by molar-refractivity contribution is 6.31. The van der Waals surface area contributed by atoms with E-state index in [0.717, 1.165) is 10.5 Å². The molecule has 0 bridgehead atoms. The summed E-state index contributed by atoms with van der Waals surface area (Å²) in [5.74, 6) is -0.584. The van der Waals surface area contributed by atoms with Crippen LogP contribution in [0.15, 0.2) is 18.2 Å². The standard InChI is InChI=1S/C17H22ClN3O3/c1-10(2)8-17(4)15(23)21(16(24)20-17)9-14(22)19-13-7-5-6-12(18)11(13)3/h5-7,10H,8-9H2,1-4H3,(H,19,22)(H,20,24)/t17-/m1/s1. The molecule has 1 heterocycles. The lowest BCUT2D eigenvalue weighted by atomic mass is 9.91. The Morgan fingerprint density at radius 1 is 1.38 bits per heavy atom. The van der Waals surface area contributed by atoms with Gasteiger partial charge in [0.1, 0.15) is 12.1 Å². The SMILES string of the molecule is Cc1c(Cl)cccc1NC(=O)CN1C(=O)N[C@](C)(CC(C)C)C1=O. The number of carbonyl (C=O) groups excluding carboxylic acids is 3. The first-order valence-electron chi connectivity index (χ1n) is 7.83. The van der Waals surface area contributed by atoms with Gasteiger partial charge in [0.25, 0.3) is 5.91 Å². The Hall–Kier alpha value is -2.08. The summed E-state index contributed by atoms with van der Waals surface area (Å²) in [5, 5.41) is 5.91. The highest BCUT2D eigenvalue weighted by atomic mass is 35.5. The molecule has 7 heteroatoms. The van der Waals surface area contributed by atoms with Gasteiger partial charge in [-0.05, 0) is 43.9 Å². The van der Waals surface area contributed by atoms with Crippen molar-refractivity contribution in [2.24, 2.45) is 5.92 Å². The smallest absolute Gasteiger partial charge is 0.324 e. The highest BCUT2D eigenvalue weighted by Crippen LogP contribution is 2.26. The fourth-order valence-corrected chi connectivity index (χ4v) is 3.10. The largest absolute Gasteiger partial charge is 0.325 e. The minimum Gasteiger partial charge on any atom is -0.324 e. The van der Waals surface area contributed by atoms with Crippen LogP contribution in [-0.4, -0.2) is 34.8 Å². The molecular formula is C17H22ClN3O3. The van der Waals surface area contributed by atoms with Crippen molar-refractivity contribution in [1.29, 1.82) is 0 Å². The third-order valence-corrected chi connectivity index (χ3v) is 4.41. The zero-order chi connectivity index (χ0) is 18.1. The summed E-state index contributed by atoms with van der Waals surface area (Å²) in [6, 6.07) is 4.62. The van der Waals surface area contributed by atoms with Gasteiger partial charge in [0.05, 0.1) is 0 Å². The first-order chi connectivity index (χ1) is 11.1. The first-order valence-corrected chi connectivity index (χ1v) is 8.21. The number of rotatable bonds is 5. The summed E-state index contributed by atoms with van der Waals surface area (Å²) >= 11 is 6.02. The van der Waals surface area contributed by atoms with Gasteiger partial charge >= 0.3 is 6.03 Å². The lowest BCUT2D eigenvalue weighted by Crippen LogP contribution is -2.45. The Labute approximate surface area is 146 Å². The van der Waals surface area contributed by atoms with Crippen LogP contribution >= 0.6 is 11.6 Å². The van der Waals surface area contributed by atoms with Gasteiger partial charge in [-0.25, -0.2) is 4.79 Å². The zero-order valence-electron chi connectivity index (χ0n) is 14.3. The second-order valence-electron chi connectivity index (χ2n) is 6.71. The number of amides is 4. The number of urea groups is 1. The van der Waals surface area contributed by atoms with Gasteiger partial charge in [-0.3, -0.25) is 14.5 Å². The average Bonchev–Trinajstić information content (AvgIpc) is 2.66. The van der Waals surface area contributed by atoms with Crippen LogP contribution in [0.5, 0.6) is 0 Å². The van der Waals surface area contributed by atoms with Crippen LogP contribution < -0.4 is 10.6 Å². The molecule has 0 spiro atoms. The van der Waals surface area contributed by atoms with Crippen molar-refractivity contribution in [3.05, 3.63) is 28.8 Å². The Balaban J connectivity index is 2.08. The normalized spacial score (nSPS) is 20.5. The monoisotopic (exact) mass is 351 g/mol. The van der Waals surface area contributed by atoms with Gasteiger partial charge in [-0.1, -0.05) is 31.5 Å². The quantitative estimate of drug-likeness (QED) is 0.800. The third kappa shape index (κ3) is 3.70. The van der Waals surface area contributed by atoms with Crippen LogP contribution in [0.25, 0.3) is 0 Å². The maximum atomic E-state index is 12.5. The van der Waals surface area contributed by atoms with Crippen molar-refractivity contribution in [1.82, 2.24) is 10.2 Å². The molecule has 0 aromatic heterocycles. The van der Waals surface area contributed by atoms with Gasteiger partial charge in [0.15, 0.2) is 0 Å².